The minimum Gasteiger partial charge on any atom is -0.562 e. The van der Waals surface area contributed by atoms with E-state index in [1.165, 1.54) is 12.0 Å². The number of ether oxygens (including phenoxy) is 1. The van der Waals surface area contributed by atoms with Gasteiger partial charge in [-0.2, -0.15) is 0 Å². The number of aliphatic imine (C=N–C) groups is 1. The predicted molar refractivity (Wildman–Crippen MR) is 134 cm³/mol. The second-order valence-corrected chi connectivity index (χ2v) is 9.20. The highest BCUT2D eigenvalue weighted by Gasteiger charge is 2.35. The number of carbonyl (C=O) groups is 1. The molecule has 2 aromatic rings. The van der Waals surface area contributed by atoms with Gasteiger partial charge in [-0.1, -0.05) is 36.8 Å². The van der Waals surface area contributed by atoms with Crippen molar-refractivity contribution in [2.75, 3.05) is 13.7 Å². The molecule has 2 fully saturated rings. The minimum absolute atomic E-state index is 0.0331. The summed E-state index contributed by atoms with van der Waals surface area (Å²) >= 11 is 0. The second-order valence-electron chi connectivity index (χ2n) is 9.20. The van der Waals surface area contributed by atoms with Crippen molar-refractivity contribution in [1.82, 2.24) is 10.1 Å². The zero-order valence-electron chi connectivity index (χ0n) is 20.4. The zero-order valence-corrected chi connectivity index (χ0v) is 20.4. The standard InChI is InChI=1S/C27H35N4O3/c1-20-9-7-10-21(2)30(20)31-25(14-8-13-22-11-5-4-6-12-22)27(34-29-31)28-19-26(32)23-15-17-24(33-3)18-16-23/h4-6,11-12,15-18,20-21,25H,7-10,13-14,19H2,1-3H3/q-1. The van der Waals surface area contributed by atoms with Gasteiger partial charge in [0, 0.05) is 17.6 Å². The number of carbonyl (C=O) groups excluding carboxylic acids is 1. The highest BCUT2D eigenvalue weighted by Crippen LogP contribution is 2.33. The summed E-state index contributed by atoms with van der Waals surface area (Å²) in [5.41, 5.74) is 6.35. The van der Waals surface area contributed by atoms with Crippen molar-refractivity contribution in [3.8, 4) is 5.75 Å². The number of aryl methyl sites for hydroxylation is 1. The average molecular weight is 464 g/mol. The number of nitrogens with zero attached hydrogens (tertiary/aromatic N) is 4. The molecule has 0 aliphatic carbocycles. The molecule has 2 aromatic carbocycles. The highest BCUT2D eigenvalue weighted by molar-refractivity contribution is 5.99. The van der Waals surface area contributed by atoms with Crippen LogP contribution in [0, 0.1) is 0 Å². The van der Waals surface area contributed by atoms with Gasteiger partial charge in [-0.25, -0.2) is 4.99 Å². The van der Waals surface area contributed by atoms with E-state index in [9.17, 15) is 4.79 Å². The fourth-order valence-corrected chi connectivity index (χ4v) is 4.85. The van der Waals surface area contributed by atoms with Gasteiger partial charge < -0.3 is 15.2 Å². The first kappa shape index (κ1) is 24.4. The quantitative estimate of drug-likeness (QED) is 0.467. The number of ketones is 1. The van der Waals surface area contributed by atoms with Crippen LogP contribution in [0.2, 0.25) is 0 Å². The lowest BCUT2D eigenvalue weighted by Gasteiger charge is -2.50. The van der Waals surface area contributed by atoms with E-state index in [1.807, 2.05) is 11.2 Å². The van der Waals surface area contributed by atoms with E-state index in [2.05, 4.69) is 53.7 Å². The molecule has 7 heteroatoms. The van der Waals surface area contributed by atoms with E-state index < -0.39 is 0 Å². The van der Waals surface area contributed by atoms with E-state index in [-0.39, 0.29) is 18.4 Å². The summed E-state index contributed by atoms with van der Waals surface area (Å²) < 4.78 is 5.18. The number of hydrogen-bond donors (Lipinski definition) is 0. The SMILES string of the molecule is COc1ccc(C(=O)CN=C2O[N-]N(N3C(C)CCCC3C)C2CCCc2ccccc2)cc1. The molecule has 0 bridgehead atoms. The third kappa shape index (κ3) is 5.84. The third-order valence-electron chi connectivity index (χ3n) is 6.74. The number of piperidine rings is 1. The summed E-state index contributed by atoms with van der Waals surface area (Å²) in [5.74, 6) is 1.19. The topological polar surface area (TPSA) is 68.5 Å². The molecule has 0 aromatic heterocycles. The van der Waals surface area contributed by atoms with Crippen molar-refractivity contribution in [3.63, 3.8) is 0 Å². The van der Waals surface area contributed by atoms with Gasteiger partial charge in [0.15, 0.2) is 11.7 Å². The number of methoxy groups -OCH3 is 1. The van der Waals surface area contributed by atoms with Crippen LogP contribution in [0.5, 0.6) is 5.75 Å². The van der Waals surface area contributed by atoms with Crippen LogP contribution >= 0.6 is 0 Å². The lowest BCUT2D eigenvalue weighted by molar-refractivity contribution is -0.0978. The first-order chi connectivity index (χ1) is 16.6. The van der Waals surface area contributed by atoms with Gasteiger partial charge >= 0.3 is 0 Å². The summed E-state index contributed by atoms with van der Waals surface area (Å²) in [7, 11) is 1.61. The van der Waals surface area contributed by atoms with E-state index in [4.69, 9.17) is 9.57 Å². The van der Waals surface area contributed by atoms with E-state index in [0.29, 0.717) is 23.5 Å². The van der Waals surface area contributed by atoms with Gasteiger partial charge in [-0.05, 0) is 75.8 Å². The molecule has 182 valence electrons. The molecule has 3 unspecified atom stereocenters. The van der Waals surface area contributed by atoms with Crippen LogP contribution in [0.25, 0.3) is 5.59 Å². The van der Waals surface area contributed by atoms with Gasteiger partial charge in [0.05, 0.1) is 13.2 Å². The van der Waals surface area contributed by atoms with Gasteiger partial charge in [-0.15, -0.1) is 0 Å². The first-order valence-electron chi connectivity index (χ1n) is 12.3. The third-order valence-corrected chi connectivity index (χ3v) is 6.74. The maximum Gasteiger partial charge on any atom is 0.187 e. The molecule has 0 radical (unpaired) electrons. The average Bonchev–Trinajstić information content (AvgIpc) is 3.25. The molecule has 34 heavy (non-hydrogen) atoms. The van der Waals surface area contributed by atoms with Crippen LogP contribution in [-0.2, 0) is 11.3 Å². The summed E-state index contributed by atoms with van der Waals surface area (Å²) in [6, 6.07) is 18.3. The summed E-state index contributed by atoms with van der Waals surface area (Å²) in [6.45, 7) is 4.52. The molecule has 3 atom stereocenters. The van der Waals surface area contributed by atoms with Crippen LogP contribution in [0.4, 0.5) is 0 Å². The van der Waals surface area contributed by atoms with Crippen molar-refractivity contribution >= 4 is 11.7 Å². The van der Waals surface area contributed by atoms with Crippen molar-refractivity contribution in [2.24, 2.45) is 4.99 Å². The molecule has 0 N–H and O–H groups in total. The number of hydrogen-bond acceptors (Lipinski definition) is 6. The Bertz CT molecular complexity index is 954. The molecular weight excluding hydrogens is 428 g/mol. The van der Waals surface area contributed by atoms with E-state index in [1.54, 1.807) is 31.4 Å². The molecule has 2 heterocycles. The largest absolute Gasteiger partial charge is 0.562 e. The Morgan fingerprint density at radius 2 is 1.79 bits per heavy atom. The van der Waals surface area contributed by atoms with E-state index >= 15 is 0 Å². The molecule has 0 amide bonds. The Hall–Kier alpha value is -2.74. The Morgan fingerprint density at radius 1 is 1.09 bits per heavy atom. The van der Waals surface area contributed by atoms with Crippen molar-refractivity contribution in [2.45, 2.75) is 70.5 Å². The molecular formula is C27H35N4O3-. The summed E-state index contributed by atoms with van der Waals surface area (Å²) in [5, 5.41) is 4.33. The lowest BCUT2D eigenvalue weighted by atomic mass is 9.99. The molecule has 2 aliphatic rings. The predicted octanol–water partition coefficient (Wildman–Crippen LogP) is 5.38. The van der Waals surface area contributed by atoms with E-state index in [0.717, 1.165) is 37.9 Å². The van der Waals surface area contributed by atoms with Crippen molar-refractivity contribution < 1.29 is 14.4 Å². The highest BCUT2D eigenvalue weighted by atomic mass is 16.7. The van der Waals surface area contributed by atoms with Crippen molar-refractivity contribution in [1.29, 1.82) is 0 Å². The van der Waals surface area contributed by atoms with Crippen LogP contribution in [0.15, 0.2) is 59.6 Å². The maximum atomic E-state index is 12.7. The molecule has 2 saturated heterocycles. The Morgan fingerprint density at radius 3 is 2.47 bits per heavy atom. The number of benzene rings is 2. The smallest absolute Gasteiger partial charge is 0.187 e. The van der Waals surface area contributed by atoms with Crippen LogP contribution in [0.3, 0.4) is 0 Å². The number of Topliss-reactive ketones (excluding diaryl/α,β-unsaturated/α-hetero) is 1. The Labute approximate surface area is 202 Å². The summed E-state index contributed by atoms with van der Waals surface area (Å²) in [6.07, 6.45) is 6.30. The second kappa shape index (κ2) is 11.6. The fraction of sp³-hybridized carbons (Fsp3) is 0.481. The molecule has 2 aliphatic heterocycles. The minimum atomic E-state index is -0.102. The van der Waals surface area contributed by atoms with Gasteiger partial charge in [-0.3, -0.25) is 14.9 Å². The Balaban J connectivity index is 1.47. The lowest BCUT2D eigenvalue weighted by Crippen LogP contribution is -2.55. The van der Waals surface area contributed by atoms with Crippen LogP contribution in [0.1, 0.15) is 61.9 Å². The summed E-state index contributed by atoms with van der Waals surface area (Å²) in [4.78, 5) is 23.1. The molecule has 4 rings (SSSR count). The molecule has 0 spiro atoms. The van der Waals surface area contributed by atoms with Crippen LogP contribution < -0.4 is 4.74 Å². The monoisotopic (exact) mass is 463 g/mol. The Kier molecular flexibility index (Phi) is 8.32. The van der Waals surface area contributed by atoms with Gasteiger partial charge in [0.2, 0.25) is 0 Å². The van der Waals surface area contributed by atoms with Gasteiger partial charge in [0.25, 0.3) is 0 Å². The van der Waals surface area contributed by atoms with Gasteiger partial charge in [0.1, 0.15) is 12.3 Å². The van der Waals surface area contributed by atoms with Crippen molar-refractivity contribution in [3.05, 3.63) is 71.3 Å². The van der Waals surface area contributed by atoms with Crippen LogP contribution in [-0.4, -0.2) is 53.6 Å². The number of rotatable bonds is 9. The zero-order chi connectivity index (χ0) is 23.9. The number of hydrazine groups is 1. The molecule has 0 saturated carbocycles. The normalized spacial score (nSPS) is 24.8. The maximum absolute atomic E-state index is 12.7. The molecule has 7 nitrogen and oxygen atoms in total. The first-order valence-corrected chi connectivity index (χ1v) is 12.3. The fourth-order valence-electron chi connectivity index (χ4n) is 4.85.